The van der Waals surface area contributed by atoms with Crippen molar-refractivity contribution in [2.24, 2.45) is 0 Å². The molecular formula is C15H23F2N3. The standard InChI is InChI=1S/C15H23F2N3/c1-19-8-9-20(2)14(11-19)10-18-12-15(16,17)13-6-4-3-5-7-13/h3-7,14,18H,8-12H2,1-2H3. The maximum absolute atomic E-state index is 14.0. The summed E-state index contributed by atoms with van der Waals surface area (Å²) in [5.41, 5.74) is 0.0709. The zero-order valence-electron chi connectivity index (χ0n) is 12.1. The van der Waals surface area contributed by atoms with Gasteiger partial charge in [-0.3, -0.25) is 4.90 Å². The van der Waals surface area contributed by atoms with E-state index in [0.29, 0.717) is 12.6 Å². The molecule has 1 heterocycles. The van der Waals surface area contributed by atoms with Gasteiger partial charge in [0, 0.05) is 37.8 Å². The molecule has 0 amide bonds. The van der Waals surface area contributed by atoms with Crippen molar-refractivity contribution in [1.29, 1.82) is 0 Å². The molecule has 0 aromatic heterocycles. The van der Waals surface area contributed by atoms with Crippen molar-refractivity contribution in [3.63, 3.8) is 0 Å². The second-order valence-electron chi connectivity index (χ2n) is 5.60. The molecule has 1 fully saturated rings. The molecule has 1 aliphatic heterocycles. The summed E-state index contributed by atoms with van der Waals surface area (Å²) in [6.07, 6.45) is 0. The molecule has 1 N–H and O–H groups in total. The third kappa shape index (κ3) is 3.98. The zero-order valence-corrected chi connectivity index (χ0v) is 12.1. The van der Waals surface area contributed by atoms with Crippen LogP contribution in [0.15, 0.2) is 30.3 Å². The molecule has 1 saturated heterocycles. The zero-order chi connectivity index (χ0) is 14.6. The Morgan fingerprint density at radius 1 is 1.20 bits per heavy atom. The minimum atomic E-state index is -2.82. The fraction of sp³-hybridized carbons (Fsp3) is 0.600. The molecule has 1 aromatic rings. The summed E-state index contributed by atoms with van der Waals surface area (Å²) in [6, 6.07) is 8.28. The van der Waals surface area contributed by atoms with E-state index >= 15 is 0 Å². The molecule has 0 radical (unpaired) electrons. The highest BCUT2D eigenvalue weighted by molar-refractivity contribution is 5.20. The second-order valence-corrected chi connectivity index (χ2v) is 5.60. The fourth-order valence-electron chi connectivity index (χ4n) is 2.50. The number of likely N-dealkylation sites (N-methyl/N-ethyl adjacent to an activating group) is 2. The van der Waals surface area contributed by atoms with Crippen LogP contribution in [0.3, 0.4) is 0 Å². The molecule has 112 valence electrons. The number of halogens is 2. The van der Waals surface area contributed by atoms with Gasteiger partial charge in [-0.25, -0.2) is 0 Å². The third-order valence-corrected chi connectivity index (χ3v) is 3.90. The van der Waals surface area contributed by atoms with E-state index in [0.717, 1.165) is 19.6 Å². The van der Waals surface area contributed by atoms with E-state index in [2.05, 4.69) is 29.2 Å². The Bertz CT molecular complexity index is 411. The van der Waals surface area contributed by atoms with Crippen LogP contribution in [0.2, 0.25) is 0 Å². The van der Waals surface area contributed by atoms with Gasteiger partial charge in [-0.15, -0.1) is 0 Å². The summed E-state index contributed by atoms with van der Waals surface area (Å²) >= 11 is 0. The monoisotopic (exact) mass is 283 g/mol. The Labute approximate surface area is 119 Å². The Balaban J connectivity index is 1.83. The van der Waals surface area contributed by atoms with Gasteiger partial charge in [0.1, 0.15) is 0 Å². The molecule has 0 saturated carbocycles. The first kappa shape index (κ1) is 15.4. The van der Waals surface area contributed by atoms with Gasteiger partial charge < -0.3 is 10.2 Å². The Morgan fingerprint density at radius 3 is 2.60 bits per heavy atom. The van der Waals surface area contributed by atoms with E-state index < -0.39 is 5.92 Å². The number of rotatable bonds is 5. The van der Waals surface area contributed by atoms with Crippen LogP contribution >= 0.6 is 0 Å². The van der Waals surface area contributed by atoms with Gasteiger partial charge >= 0.3 is 0 Å². The van der Waals surface area contributed by atoms with Gasteiger partial charge in [-0.1, -0.05) is 30.3 Å². The molecule has 1 atom stereocenters. The van der Waals surface area contributed by atoms with E-state index in [1.54, 1.807) is 18.2 Å². The van der Waals surface area contributed by atoms with Crippen LogP contribution in [0.25, 0.3) is 0 Å². The van der Waals surface area contributed by atoms with Gasteiger partial charge in [0.15, 0.2) is 0 Å². The Hall–Kier alpha value is -1.04. The van der Waals surface area contributed by atoms with Crippen LogP contribution in [-0.2, 0) is 5.92 Å². The molecule has 20 heavy (non-hydrogen) atoms. The number of piperazine rings is 1. The quantitative estimate of drug-likeness (QED) is 0.886. The summed E-state index contributed by atoms with van der Waals surface area (Å²) < 4.78 is 28.0. The number of benzene rings is 1. The first-order chi connectivity index (χ1) is 9.49. The van der Waals surface area contributed by atoms with Crippen molar-refractivity contribution in [2.75, 3.05) is 46.8 Å². The third-order valence-electron chi connectivity index (χ3n) is 3.90. The summed E-state index contributed by atoms with van der Waals surface area (Å²) in [4.78, 5) is 4.47. The molecule has 2 rings (SSSR count). The largest absolute Gasteiger partial charge is 0.309 e. The number of nitrogens with one attached hydrogen (secondary N) is 1. The van der Waals surface area contributed by atoms with Crippen LogP contribution in [0.1, 0.15) is 5.56 Å². The number of hydrogen-bond acceptors (Lipinski definition) is 3. The molecule has 0 aliphatic carbocycles. The summed E-state index contributed by atoms with van der Waals surface area (Å²) in [5.74, 6) is -2.82. The Morgan fingerprint density at radius 2 is 1.90 bits per heavy atom. The first-order valence-corrected chi connectivity index (χ1v) is 7.02. The minimum absolute atomic E-state index is 0.0709. The molecule has 3 nitrogen and oxygen atoms in total. The predicted molar refractivity (Wildman–Crippen MR) is 77.1 cm³/mol. The maximum atomic E-state index is 14.0. The van der Waals surface area contributed by atoms with Crippen molar-refractivity contribution >= 4 is 0 Å². The van der Waals surface area contributed by atoms with Crippen molar-refractivity contribution in [2.45, 2.75) is 12.0 Å². The number of hydrogen-bond donors (Lipinski definition) is 1. The number of alkyl halides is 2. The lowest BCUT2D eigenvalue weighted by atomic mass is 10.1. The van der Waals surface area contributed by atoms with Gasteiger partial charge in [0.05, 0.1) is 6.54 Å². The molecular weight excluding hydrogens is 260 g/mol. The summed E-state index contributed by atoms with van der Waals surface area (Å²) in [7, 11) is 4.12. The van der Waals surface area contributed by atoms with Crippen molar-refractivity contribution in [3.8, 4) is 0 Å². The maximum Gasteiger partial charge on any atom is 0.285 e. The highest BCUT2D eigenvalue weighted by atomic mass is 19.3. The van der Waals surface area contributed by atoms with E-state index in [1.807, 2.05) is 0 Å². The van der Waals surface area contributed by atoms with Crippen molar-refractivity contribution in [3.05, 3.63) is 35.9 Å². The summed E-state index contributed by atoms with van der Waals surface area (Å²) in [6.45, 7) is 3.21. The normalized spacial score (nSPS) is 22.1. The molecule has 1 aliphatic rings. The first-order valence-electron chi connectivity index (χ1n) is 7.02. The fourth-order valence-corrected chi connectivity index (χ4v) is 2.50. The molecule has 1 aromatic carbocycles. The average Bonchev–Trinajstić information content (AvgIpc) is 2.43. The molecule has 5 heteroatoms. The lowest BCUT2D eigenvalue weighted by Crippen LogP contribution is -2.54. The van der Waals surface area contributed by atoms with Gasteiger partial charge in [-0.2, -0.15) is 8.78 Å². The van der Waals surface area contributed by atoms with Crippen LogP contribution in [-0.4, -0.2) is 62.7 Å². The van der Waals surface area contributed by atoms with E-state index in [9.17, 15) is 8.78 Å². The van der Waals surface area contributed by atoms with Crippen LogP contribution < -0.4 is 5.32 Å². The van der Waals surface area contributed by atoms with Crippen molar-refractivity contribution in [1.82, 2.24) is 15.1 Å². The van der Waals surface area contributed by atoms with Gasteiger partial charge in [0.25, 0.3) is 5.92 Å². The molecule has 0 spiro atoms. The second kappa shape index (κ2) is 6.61. The van der Waals surface area contributed by atoms with E-state index in [-0.39, 0.29) is 12.1 Å². The topological polar surface area (TPSA) is 18.5 Å². The molecule has 0 bridgehead atoms. The number of nitrogens with zero attached hydrogens (tertiary/aromatic N) is 2. The average molecular weight is 283 g/mol. The lowest BCUT2D eigenvalue weighted by Gasteiger charge is -2.38. The minimum Gasteiger partial charge on any atom is -0.309 e. The lowest BCUT2D eigenvalue weighted by molar-refractivity contribution is -0.00564. The van der Waals surface area contributed by atoms with Crippen LogP contribution in [0.5, 0.6) is 0 Å². The van der Waals surface area contributed by atoms with Gasteiger partial charge in [-0.05, 0) is 14.1 Å². The highest BCUT2D eigenvalue weighted by Crippen LogP contribution is 2.26. The van der Waals surface area contributed by atoms with Crippen LogP contribution in [0.4, 0.5) is 8.78 Å². The smallest absolute Gasteiger partial charge is 0.285 e. The SMILES string of the molecule is CN1CCN(C)C(CNCC(F)(F)c2ccccc2)C1. The predicted octanol–water partition coefficient (Wildman–Crippen LogP) is 1.61. The van der Waals surface area contributed by atoms with Gasteiger partial charge in [0.2, 0.25) is 0 Å². The van der Waals surface area contributed by atoms with Crippen molar-refractivity contribution < 1.29 is 8.78 Å². The Kier molecular flexibility index (Phi) is 5.07. The van der Waals surface area contributed by atoms with Crippen LogP contribution in [0, 0.1) is 0 Å². The van der Waals surface area contributed by atoms with E-state index in [4.69, 9.17) is 0 Å². The summed E-state index contributed by atoms with van der Waals surface area (Å²) in [5, 5.41) is 2.93. The molecule has 1 unspecified atom stereocenters. The highest BCUT2D eigenvalue weighted by Gasteiger charge is 2.31. The van der Waals surface area contributed by atoms with E-state index in [1.165, 1.54) is 12.1 Å².